The maximum atomic E-state index is 13.8. The number of rotatable bonds is 6. The number of pyridine rings is 1. The first-order valence-corrected chi connectivity index (χ1v) is 12.0. The topological polar surface area (TPSA) is 80.8 Å². The standard InChI is InChI=1S/C27H25BrN4O2/c1-34-21-5-3-18(4-6-21)17-32-25-22(27(26(32)33)10-2-11-27)15-19(16-23(25)28)24(7-12-29)31-20-8-13-30-14-9-20/h3-9,12-16H,2,10-11,17,29H2,1H3. The van der Waals surface area contributed by atoms with Gasteiger partial charge in [-0.3, -0.25) is 9.78 Å². The molecule has 172 valence electrons. The molecule has 2 heterocycles. The summed E-state index contributed by atoms with van der Waals surface area (Å²) in [6.45, 7) is 0.510. The van der Waals surface area contributed by atoms with Crippen molar-refractivity contribution >= 4 is 38.9 Å². The molecule has 34 heavy (non-hydrogen) atoms. The summed E-state index contributed by atoms with van der Waals surface area (Å²) in [6, 6.07) is 15.7. The molecule has 1 aliphatic heterocycles. The van der Waals surface area contributed by atoms with Crippen molar-refractivity contribution in [1.82, 2.24) is 4.98 Å². The van der Waals surface area contributed by atoms with E-state index < -0.39 is 5.41 Å². The van der Waals surface area contributed by atoms with Crippen LogP contribution in [0.15, 0.2) is 82.7 Å². The van der Waals surface area contributed by atoms with Gasteiger partial charge in [0.15, 0.2) is 0 Å². The summed E-state index contributed by atoms with van der Waals surface area (Å²) in [7, 11) is 1.65. The number of amides is 1. The SMILES string of the molecule is COc1ccc(CN2C(=O)C3(CCC3)c3cc(C(C=CN)=Nc4ccncc4)cc(Br)c32)cc1. The summed E-state index contributed by atoms with van der Waals surface area (Å²) in [5, 5.41) is 0. The van der Waals surface area contributed by atoms with E-state index in [1.807, 2.05) is 47.4 Å². The van der Waals surface area contributed by atoms with Crippen LogP contribution in [0.1, 0.15) is 36.0 Å². The molecule has 2 aliphatic rings. The number of nitrogens with two attached hydrogens (primary N) is 1. The molecule has 1 amide bonds. The highest BCUT2D eigenvalue weighted by molar-refractivity contribution is 9.10. The Morgan fingerprint density at radius 1 is 1.21 bits per heavy atom. The van der Waals surface area contributed by atoms with Crippen LogP contribution in [0.3, 0.4) is 0 Å². The van der Waals surface area contributed by atoms with Gasteiger partial charge in [-0.05, 0) is 88.6 Å². The molecule has 0 atom stereocenters. The molecule has 1 fully saturated rings. The zero-order valence-corrected chi connectivity index (χ0v) is 20.5. The Morgan fingerprint density at radius 2 is 1.94 bits per heavy atom. The van der Waals surface area contributed by atoms with Gasteiger partial charge in [0.2, 0.25) is 5.91 Å². The van der Waals surface area contributed by atoms with E-state index in [9.17, 15) is 4.79 Å². The highest BCUT2D eigenvalue weighted by atomic mass is 79.9. The number of methoxy groups -OCH3 is 1. The molecule has 2 N–H and O–H groups in total. The van der Waals surface area contributed by atoms with Gasteiger partial charge < -0.3 is 15.4 Å². The lowest BCUT2D eigenvalue weighted by Crippen LogP contribution is -2.44. The van der Waals surface area contributed by atoms with Gasteiger partial charge >= 0.3 is 0 Å². The minimum absolute atomic E-state index is 0.171. The Morgan fingerprint density at radius 3 is 2.56 bits per heavy atom. The largest absolute Gasteiger partial charge is 0.497 e. The fourth-order valence-electron chi connectivity index (χ4n) is 4.79. The van der Waals surface area contributed by atoms with Crippen molar-refractivity contribution in [3.8, 4) is 5.75 Å². The van der Waals surface area contributed by atoms with Crippen LogP contribution in [0.4, 0.5) is 11.4 Å². The molecular weight excluding hydrogens is 492 g/mol. The molecular formula is C27H25BrN4O2. The van der Waals surface area contributed by atoms with Crippen LogP contribution in [0, 0.1) is 0 Å². The van der Waals surface area contributed by atoms with E-state index in [0.29, 0.717) is 6.54 Å². The van der Waals surface area contributed by atoms with Crippen molar-refractivity contribution < 1.29 is 9.53 Å². The molecule has 1 aromatic heterocycles. The summed E-state index contributed by atoms with van der Waals surface area (Å²) < 4.78 is 6.15. The average Bonchev–Trinajstić information content (AvgIpc) is 3.08. The molecule has 1 spiro atoms. The van der Waals surface area contributed by atoms with Gasteiger partial charge in [-0.15, -0.1) is 0 Å². The maximum Gasteiger partial charge on any atom is 0.238 e. The first-order chi connectivity index (χ1) is 16.6. The van der Waals surface area contributed by atoms with Crippen molar-refractivity contribution in [2.45, 2.75) is 31.2 Å². The van der Waals surface area contributed by atoms with Crippen LogP contribution >= 0.6 is 15.9 Å². The quantitative estimate of drug-likeness (QED) is 0.443. The van der Waals surface area contributed by atoms with Gasteiger partial charge in [-0.25, -0.2) is 4.99 Å². The third kappa shape index (κ3) is 3.80. The molecule has 7 heteroatoms. The number of anilines is 1. The Labute approximate surface area is 207 Å². The van der Waals surface area contributed by atoms with Gasteiger partial charge in [0.1, 0.15) is 5.75 Å². The van der Waals surface area contributed by atoms with Crippen molar-refractivity contribution in [3.63, 3.8) is 0 Å². The molecule has 1 saturated carbocycles. The van der Waals surface area contributed by atoms with Gasteiger partial charge in [-0.2, -0.15) is 0 Å². The minimum atomic E-state index is -0.464. The Bertz CT molecular complexity index is 1280. The summed E-state index contributed by atoms with van der Waals surface area (Å²) in [6.07, 6.45) is 9.45. The third-order valence-corrected chi connectivity index (χ3v) is 7.28. The molecule has 2 aromatic carbocycles. The van der Waals surface area contributed by atoms with E-state index in [0.717, 1.165) is 63.3 Å². The number of halogens is 1. The van der Waals surface area contributed by atoms with Gasteiger partial charge in [0, 0.05) is 22.4 Å². The van der Waals surface area contributed by atoms with E-state index in [-0.39, 0.29) is 5.91 Å². The molecule has 5 rings (SSSR count). The lowest BCUT2D eigenvalue weighted by atomic mass is 9.65. The Balaban J connectivity index is 1.58. The van der Waals surface area contributed by atoms with Gasteiger partial charge in [0.25, 0.3) is 0 Å². The molecule has 3 aromatic rings. The fraction of sp³-hybridized carbons (Fsp3) is 0.222. The van der Waals surface area contributed by atoms with Crippen molar-refractivity contribution in [2.24, 2.45) is 10.7 Å². The number of nitrogens with zero attached hydrogens (tertiary/aromatic N) is 3. The number of aliphatic imine (C=N–C) groups is 1. The number of hydrogen-bond donors (Lipinski definition) is 1. The van der Waals surface area contributed by atoms with Crippen LogP contribution in [0.25, 0.3) is 0 Å². The fourth-order valence-corrected chi connectivity index (χ4v) is 5.46. The highest BCUT2D eigenvalue weighted by Crippen LogP contribution is 2.56. The number of carbonyl (C=O) groups is 1. The zero-order valence-electron chi connectivity index (χ0n) is 18.9. The summed E-state index contributed by atoms with van der Waals surface area (Å²) in [5.41, 5.74) is 10.8. The van der Waals surface area contributed by atoms with E-state index in [2.05, 4.69) is 27.0 Å². The number of ether oxygens (including phenoxy) is 1. The Hall–Kier alpha value is -3.45. The van der Waals surface area contributed by atoms with Crippen LogP contribution < -0.4 is 15.4 Å². The van der Waals surface area contributed by atoms with Crippen molar-refractivity contribution in [2.75, 3.05) is 12.0 Å². The van der Waals surface area contributed by atoms with Gasteiger partial charge in [-0.1, -0.05) is 18.6 Å². The predicted octanol–water partition coefficient (Wildman–Crippen LogP) is 5.41. The number of benzene rings is 2. The minimum Gasteiger partial charge on any atom is -0.497 e. The maximum absolute atomic E-state index is 13.8. The van der Waals surface area contributed by atoms with E-state index in [4.69, 9.17) is 15.5 Å². The number of hydrogen-bond acceptors (Lipinski definition) is 5. The second-order valence-corrected chi connectivity index (χ2v) is 9.45. The Kier molecular flexibility index (Phi) is 5.96. The summed E-state index contributed by atoms with van der Waals surface area (Å²) in [4.78, 5) is 24.5. The molecule has 1 aliphatic carbocycles. The molecule has 0 unspecified atom stereocenters. The molecule has 0 radical (unpaired) electrons. The van der Waals surface area contributed by atoms with E-state index in [1.165, 1.54) is 6.20 Å². The number of allylic oxidation sites excluding steroid dienone is 1. The predicted molar refractivity (Wildman–Crippen MR) is 138 cm³/mol. The van der Waals surface area contributed by atoms with Crippen LogP contribution in [0.2, 0.25) is 0 Å². The first-order valence-electron chi connectivity index (χ1n) is 11.2. The van der Waals surface area contributed by atoms with Crippen molar-refractivity contribution in [3.05, 3.63) is 94.4 Å². The number of fused-ring (bicyclic) bond motifs is 2. The second kappa shape index (κ2) is 9.06. The lowest BCUT2D eigenvalue weighted by molar-refractivity contribution is -0.126. The third-order valence-electron chi connectivity index (χ3n) is 6.67. The monoisotopic (exact) mass is 516 g/mol. The lowest BCUT2D eigenvalue weighted by Gasteiger charge is -2.37. The highest BCUT2D eigenvalue weighted by Gasteiger charge is 2.55. The summed E-state index contributed by atoms with van der Waals surface area (Å²) >= 11 is 3.78. The van der Waals surface area contributed by atoms with Crippen molar-refractivity contribution in [1.29, 1.82) is 0 Å². The number of carbonyl (C=O) groups excluding carboxylic acids is 1. The zero-order chi connectivity index (χ0) is 23.7. The van der Waals surface area contributed by atoms with Crippen LogP contribution in [-0.4, -0.2) is 23.7 Å². The van der Waals surface area contributed by atoms with E-state index in [1.54, 1.807) is 25.6 Å². The van der Waals surface area contributed by atoms with Gasteiger partial charge in [0.05, 0.1) is 36.2 Å². The first kappa shape index (κ1) is 22.3. The molecule has 0 bridgehead atoms. The number of aromatic nitrogens is 1. The normalized spacial score (nSPS) is 16.7. The second-order valence-electron chi connectivity index (χ2n) is 8.59. The van der Waals surface area contributed by atoms with E-state index >= 15 is 0 Å². The molecule has 0 saturated heterocycles. The average molecular weight is 517 g/mol. The smallest absolute Gasteiger partial charge is 0.238 e. The molecule has 6 nitrogen and oxygen atoms in total. The van der Waals surface area contributed by atoms with Crippen LogP contribution in [0.5, 0.6) is 5.75 Å². The summed E-state index contributed by atoms with van der Waals surface area (Å²) in [5.74, 6) is 0.969. The van der Waals surface area contributed by atoms with Crippen LogP contribution in [-0.2, 0) is 16.8 Å².